The largest absolute Gasteiger partial charge is 0.495 e. The molecule has 0 radical (unpaired) electrons. The monoisotopic (exact) mass is 321 g/mol. The van der Waals surface area contributed by atoms with Gasteiger partial charge in [0, 0.05) is 0 Å². The molecule has 0 saturated heterocycles. The van der Waals surface area contributed by atoms with Gasteiger partial charge in [-0.2, -0.15) is 0 Å². The van der Waals surface area contributed by atoms with Crippen molar-refractivity contribution >= 4 is 11.8 Å². The van der Waals surface area contributed by atoms with Crippen LogP contribution in [0.15, 0.2) is 41.0 Å². The van der Waals surface area contributed by atoms with Crippen LogP contribution in [0, 0.1) is 0 Å². The Morgan fingerprint density at radius 1 is 1.14 bits per heavy atom. The first-order chi connectivity index (χ1) is 10.7. The fourth-order valence-corrected chi connectivity index (χ4v) is 2.97. The molecular formula is C18H27NO2S. The Bertz CT molecular complexity index is 513. The van der Waals surface area contributed by atoms with Gasteiger partial charge in [0.05, 0.1) is 25.2 Å². The van der Waals surface area contributed by atoms with Gasteiger partial charge in [0.1, 0.15) is 11.5 Å². The minimum absolute atomic E-state index is 0.161. The molecule has 1 atom stereocenters. The van der Waals surface area contributed by atoms with Crippen molar-refractivity contribution in [2.45, 2.75) is 38.1 Å². The smallest absolute Gasteiger partial charge is 0.136 e. The van der Waals surface area contributed by atoms with E-state index in [2.05, 4.69) is 36.5 Å². The molecule has 0 amide bonds. The van der Waals surface area contributed by atoms with Gasteiger partial charge in [-0.3, -0.25) is 0 Å². The van der Waals surface area contributed by atoms with Gasteiger partial charge < -0.3 is 14.8 Å². The van der Waals surface area contributed by atoms with Gasteiger partial charge in [0.15, 0.2) is 0 Å². The molecule has 1 aromatic rings. The predicted octanol–water partition coefficient (Wildman–Crippen LogP) is 4.95. The highest BCUT2D eigenvalue weighted by atomic mass is 32.2. The van der Waals surface area contributed by atoms with Crippen LogP contribution in [0.2, 0.25) is 0 Å². The van der Waals surface area contributed by atoms with Gasteiger partial charge in [0.2, 0.25) is 0 Å². The topological polar surface area (TPSA) is 30.5 Å². The third-order valence-electron chi connectivity index (χ3n) is 3.41. The van der Waals surface area contributed by atoms with E-state index in [1.54, 1.807) is 26.0 Å². The summed E-state index contributed by atoms with van der Waals surface area (Å²) in [5, 5.41) is 3.36. The van der Waals surface area contributed by atoms with E-state index in [0.717, 1.165) is 28.4 Å². The van der Waals surface area contributed by atoms with Crippen molar-refractivity contribution in [1.82, 2.24) is 5.32 Å². The average Bonchev–Trinajstić information content (AvgIpc) is 2.62. The van der Waals surface area contributed by atoms with Crippen molar-refractivity contribution in [2.24, 2.45) is 0 Å². The Labute approximate surface area is 138 Å². The standard InChI is InChI=1S/C16H21NO2S.C2H6/c1-5-11-6-7-17-13(8-11)12-9-14(18-2)16(20-4)15(10-12)19-3;1-2/h6-10,13,17H,5H2,1-4H3;1-2H3. The van der Waals surface area contributed by atoms with Gasteiger partial charge in [-0.05, 0) is 48.2 Å². The fourth-order valence-electron chi connectivity index (χ4n) is 2.29. The Morgan fingerprint density at radius 2 is 1.73 bits per heavy atom. The lowest BCUT2D eigenvalue weighted by molar-refractivity contribution is 0.375. The normalized spacial score (nSPS) is 16.1. The van der Waals surface area contributed by atoms with Crippen LogP contribution in [0.4, 0.5) is 0 Å². The SMILES string of the molecule is CC.CCC1=CC(c2cc(OC)c(SC)c(OC)c2)NC=C1. The van der Waals surface area contributed by atoms with E-state index >= 15 is 0 Å². The summed E-state index contributed by atoms with van der Waals surface area (Å²) in [6, 6.07) is 4.32. The second-order valence-electron chi connectivity index (χ2n) is 4.53. The molecule has 1 unspecified atom stereocenters. The maximum Gasteiger partial charge on any atom is 0.136 e. The highest BCUT2D eigenvalue weighted by Crippen LogP contribution is 2.39. The van der Waals surface area contributed by atoms with Crippen molar-refractivity contribution in [1.29, 1.82) is 0 Å². The Morgan fingerprint density at radius 3 is 2.18 bits per heavy atom. The summed E-state index contributed by atoms with van der Waals surface area (Å²) in [5.74, 6) is 1.71. The summed E-state index contributed by atoms with van der Waals surface area (Å²) < 4.78 is 11.0. The third kappa shape index (κ3) is 4.23. The third-order valence-corrected chi connectivity index (χ3v) is 4.22. The molecule has 0 bridgehead atoms. The zero-order valence-corrected chi connectivity index (χ0v) is 15.2. The molecular weight excluding hydrogens is 294 g/mol. The van der Waals surface area contributed by atoms with Crippen LogP contribution in [0.5, 0.6) is 11.5 Å². The highest BCUT2D eigenvalue weighted by molar-refractivity contribution is 7.98. The van der Waals surface area contributed by atoms with E-state index < -0.39 is 0 Å². The second-order valence-corrected chi connectivity index (χ2v) is 5.35. The van der Waals surface area contributed by atoms with Crippen molar-refractivity contribution in [3.63, 3.8) is 0 Å². The number of hydrogen-bond donors (Lipinski definition) is 1. The summed E-state index contributed by atoms with van der Waals surface area (Å²) in [7, 11) is 3.39. The zero-order chi connectivity index (χ0) is 16.5. The molecule has 1 heterocycles. The molecule has 0 aromatic heterocycles. The van der Waals surface area contributed by atoms with Crippen molar-refractivity contribution in [3.8, 4) is 11.5 Å². The number of dihydropyridines is 1. The number of ether oxygens (including phenoxy) is 2. The number of benzene rings is 1. The lowest BCUT2D eigenvalue weighted by Gasteiger charge is -2.21. The molecule has 0 aliphatic carbocycles. The number of thioether (sulfide) groups is 1. The maximum absolute atomic E-state index is 5.50. The number of allylic oxidation sites excluding steroid dienone is 2. The minimum atomic E-state index is 0.161. The van der Waals surface area contributed by atoms with Crippen molar-refractivity contribution in [3.05, 3.63) is 41.6 Å². The summed E-state index contributed by atoms with van der Waals surface area (Å²) >= 11 is 1.63. The Hall–Kier alpha value is -1.55. The quantitative estimate of drug-likeness (QED) is 0.778. The van der Waals surface area contributed by atoms with Crippen molar-refractivity contribution < 1.29 is 9.47 Å². The molecule has 0 fully saturated rings. The summed E-state index contributed by atoms with van der Waals surface area (Å²) in [4.78, 5) is 1.03. The zero-order valence-electron chi connectivity index (χ0n) is 14.4. The van der Waals surface area contributed by atoms with E-state index in [1.807, 2.05) is 26.3 Å². The highest BCUT2D eigenvalue weighted by Gasteiger charge is 2.17. The van der Waals surface area contributed by atoms with Crippen LogP contribution in [0.3, 0.4) is 0 Å². The lowest BCUT2D eigenvalue weighted by atomic mass is 10.00. The Kier molecular flexibility index (Phi) is 7.96. The minimum Gasteiger partial charge on any atom is -0.495 e. The molecule has 3 nitrogen and oxygen atoms in total. The van der Waals surface area contributed by atoms with Crippen LogP contribution >= 0.6 is 11.8 Å². The van der Waals surface area contributed by atoms with Crippen LogP contribution in [-0.4, -0.2) is 20.5 Å². The van der Waals surface area contributed by atoms with Gasteiger partial charge >= 0.3 is 0 Å². The van der Waals surface area contributed by atoms with Gasteiger partial charge in [0.25, 0.3) is 0 Å². The molecule has 1 aliphatic rings. The van der Waals surface area contributed by atoms with Gasteiger partial charge in [-0.15, -0.1) is 11.8 Å². The second kappa shape index (κ2) is 9.46. The maximum atomic E-state index is 5.50. The van der Waals surface area contributed by atoms with Crippen LogP contribution < -0.4 is 14.8 Å². The van der Waals surface area contributed by atoms with E-state index in [1.165, 1.54) is 5.57 Å². The van der Waals surface area contributed by atoms with Crippen LogP contribution in [0.25, 0.3) is 0 Å². The summed E-state index contributed by atoms with van der Waals surface area (Å²) in [6.07, 6.45) is 9.42. The molecule has 1 aliphatic heterocycles. The predicted molar refractivity (Wildman–Crippen MR) is 96.1 cm³/mol. The van der Waals surface area contributed by atoms with E-state index in [9.17, 15) is 0 Å². The van der Waals surface area contributed by atoms with Crippen LogP contribution in [0.1, 0.15) is 38.8 Å². The molecule has 1 aromatic carbocycles. The van der Waals surface area contributed by atoms with Gasteiger partial charge in [-0.1, -0.05) is 26.8 Å². The van der Waals surface area contributed by atoms with E-state index in [4.69, 9.17) is 9.47 Å². The molecule has 4 heteroatoms. The number of rotatable bonds is 5. The van der Waals surface area contributed by atoms with Gasteiger partial charge in [-0.25, -0.2) is 0 Å². The molecule has 2 rings (SSSR count). The molecule has 22 heavy (non-hydrogen) atoms. The molecule has 122 valence electrons. The summed E-state index contributed by atoms with van der Waals surface area (Å²) in [5.41, 5.74) is 2.48. The number of methoxy groups -OCH3 is 2. The van der Waals surface area contributed by atoms with E-state index in [0.29, 0.717) is 0 Å². The van der Waals surface area contributed by atoms with Crippen LogP contribution in [-0.2, 0) is 0 Å². The lowest BCUT2D eigenvalue weighted by Crippen LogP contribution is -2.16. The van der Waals surface area contributed by atoms with Crippen molar-refractivity contribution in [2.75, 3.05) is 20.5 Å². The fraction of sp³-hybridized carbons (Fsp3) is 0.444. The van der Waals surface area contributed by atoms with E-state index in [-0.39, 0.29) is 6.04 Å². The molecule has 0 spiro atoms. The summed E-state index contributed by atoms with van der Waals surface area (Å²) in [6.45, 7) is 6.16. The molecule has 0 saturated carbocycles. The number of nitrogens with one attached hydrogen (secondary N) is 1. The first kappa shape index (κ1) is 18.5. The Balaban J connectivity index is 0.00000116. The molecule has 1 N–H and O–H groups in total. The average molecular weight is 321 g/mol. The first-order valence-corrected chi connectivity index (χ1v) is 8.89. The number of hydrogen-bond acceptors (Lipinski definition) is 4. The first-order valence-electron chi connectivity index (χ1n) is 7.66.